The van der Waals surface area contributed by atoms with Gasteiger partial charge in [-0.2, -0.15) is 5.10 Å². The molecular formula is C18H20N4OS. The first-order chi connectivity index (χ1) is 11.6. The molecular weight excluding hydrogens is 320 g/mol. The van der Waals surface area contributed by atoms with Gasteiger partial charge in [0.15, 0.2) is 0 Å². The fourth-order valence-corrected chi connectivity index (χ4v) is 3.47. The number of carbonyl (C=O) groups is 1. The third-order valence-corrected chi connectivity index (χ3v) is 5.03. The summed E-state index contributed by atoms with van der Waals surface area (Å²) in [4.78, 5) is 17.6. The number of amides is 1. The highest BCUT2D eigenvalue weighted by molar-refractivity contribution is 7.10. The van der Waals surface area contributed by atoms with E-state index in [0.717, 1.165) is 23.2 Å². The molecule has 5 nitrogen and oxygen atoms in total. The quantitative estimate of drug-likeness (QED) is 0.750. The second-order valence-electron chi connectivity index (χ2n) is 5.73. The van der Waals surface area contributed by atoms with Gasteiger partial charge >= 0.3 is 0 Å². The van der Waals surface area contributed by atoms with Gasteiger partial charge in [-0.25, -0.2) is 0 Å². The Balaban J connectivity index is 1.56. The Labute approximate surface area is 145 Å². The van der Waals surface area contributed by atoms with Gasteiger partial charge in [0.1, 0.15) is 0 Å². The van der Waals surface area contributed by atoms with E-state index in [4.69, 9.17) is 0 Å². The molecule has 3 heterocycles. The summed E-state index contributed by atoms with van der Waals surface area (Å²) in [6.45, 7) is 2.57. The highest BCUT2D eigenvalue weighted by atomic mass is 32.1. The minimum Gasteiger partial charge on any atom is -0.352 e. The maximum absolute atomic E-state index is 12.0. The molecule has 1 N–H and O–H groups in total. The number of aryl methyl sites for hydroxylation is 3. The van der Waals surface area contributed by atoms with E-state index in [-0.39, 0.29) is 5.91 Å². The fraction of sp³-hybridized carbons (Fsp3) is 0.278. The van der Waals surface area contributed by atoms with Crippen LogP contribution in [0.5, 0.6) is 0 Å². The predicted molar refractivity (Wildman–Crippen MR) is 95.7 cm³/mol. The van der Waals surface area contributed by atoms with Crippen LogP contribution in [0.1, 0.15) is 22.4 Å². The number of nitrogens with zero attached hydrogens (tertiary/aromatic N) is 3. The summed E-state index contributed by atoms with van der Waals surface area (Å²) in [6, 6.07) is 6.07. The second kappa shape index (κ2) is 7.40. The van der Waals surface area contributed by atoms with Crippen molar-refractivity contribution in [2.75, 3.05) is 0 Å². The van der Waals surface area contributed by atoms with Crippen LogP contribution in [-0.2, 0) is 24.8 Å². The lowest BCUT2D eigenvalue weighted by molar-refractivity contribution is -0.121. The normalized spacial score (nSPS) is 10.8. The predicted octanol–water partition coefficient (Wildman–Crippen LogP) is 3.10. The van der Waals surface area contributed by atoms with Crippen molar-refractivity contribution in [3.8, 4) is 11.3 Å². The molecule has 0 aliphatic heterocycles. The van der Waals surface area contributed by atoms with Gasteiger partial charge in [-0.15, -0.1) is 11.3 Å². The van der Waals surface area contributed by atoms with E-state index in [1.807, 2.05) is 30.1 Å². The van der Waals surface area contributed by atoms with Gasteiger partial charge in [-0.3, -0.25) is 14.5 Å². The molecule has 0 bridgehead atoms. The standard InChI is InChI=1S/C18H20N4OS/c1-13-6-8-24-17(13)3-4-18(23)20-11-14-9-15(12-19-10-14)16-5-7-21-22(16)2/h5-10,12H,3-4,11H2,1-2H3,(H,20,23). The average Bonchev–Trinajstić information content (AvgIpc) is 3.19. The molecule has 124 valence electrons. The average molecular weight is 340 g/mol. The van der Waals surface area contributed by atoms with Gasteiger partial charge in [0.25, 0.3) is 0 Å². The van der Waals surface area contributed by atoms with E-state index in [2.05, 4.69) is 33.8 Å². The summed E-state index contributed by atoms with van der Waals surface area (Å²) in [7, 11) is 1.90. The molecule has 0 aliphatic rings. The molecule has 0 radical (unpaired) electrons. The lowest BCUT2D eigenvalue weighted by Gasteiger charge is -2.07. The van der Waals surface area contributed by atoms with E-state index in [1.165, 1.54) is 10.4 Å². The van der Waals surface area contributed by atoms with Gasteiger partial charge in [0.05, 0.1) is 5.69 Å². The van der Waals surface area contributed by atoms with E-state index in [9.17, 15) is 4.79 Å². The molecule has 0 spiro atoms. The number of pyridine rings is 1. The molecule has 0 fully saturated rings. The van der Waals surface area contributed by atoms with Gasteiger partial charge in [0.2, 0.25) is 5.91 Å². The smallest absolute Gasteiger partial charge is 0.220 e. The Bertz CT molecular complexity index is 837. The van der Waals surface area contributed by atoms with Gasteiger partial charge in [-0.05, 0) is 48.1 Å². The molecule has 24 heavy (non-hydrogen) atoms. The Hall–Kier alpha value is -2.47. The van der Waals surface area contributed by atoms with Crippen molar-refractivity contribution in [2.45, 2.75) is 26.3 Å². The summed E-state index contributed by atoms with van der Waals surface area (Å²) >= 11 is 1.71. The highest BCUT2D eigenvalue weighted by Gasteiger charge is 2.07. The molecule has 3 rings (SSSR count). The lowest BCUT2D eigenvalue weighted by Crippen LogP contribution is -2.23. The number of carbonyl (C=O) groups excluding carboxylic acids is 1. The maximum Gasteiger partial charge on any atom is 0.220 e. The fourth-order valence-electron chi connectivity index (χ4n) is 2.56. The number of thiophene rings is 1. The van der Waals surface area contributed by atoms with Gasteiger partial charge in [0, 0.05) is 49.0 Å². The Morgan fingerprint density at radius 1 is 1.33 bits per heavy atom. The molecule has 1 amide bonds. The molecule has 0 unspecified atom stereocenters. The van der Waals surface area contributed by atoms with E-state index in [1.54, 1.807) is 23.7 Å². The largest absolute Gasteiger partial charge is 0.352 e. The van der Waals surface area contributed by atoms with Crippen molar-refractivity contribution in [3.63, 3.8) is 0 Å². The Morgan fingerprint density at radius 2 is 2.21 bits per heavy atom. The van der Waals surface area contributed by atoms with Crippen LogP contribution in [0.3, 0.4) is 0 Å². The summed E-state index contributed by atoms with van der Waals surface area (Å²) in [5, 5.41) is 9.21. The van der Waals surface area contributed by atoms with Gasteiger partial charge < -0.3 is 5.32 Å². The van der Waals surface area contributed by atoms with Crippen molar-refractivity contribution in [2.24, 2.45) is 7.05 Å². The number of hydrogen-bond donors (Lipinski definition) is 1. The van der Waals surface area contributed by atoms with Crippen LogP contribution in [-0.4, -0.2) is 20.7 Å². The van der Waals surface area contributed by atoms with Crippen LogP contribution in [0.4, 0.5) is 0 Å². The maximum atomic E-state index is 12.0. The van der Waals surface area contributed by atoms with Crippen molar-refractivity contribution in [1.82, 2.24) is 20.1 Å². The van der Waals surface area contributed by atoms with Crippen LogP contribution >= 0.6 is 11.3 Å². The molecule has 0 saturated heterocycles. The van der Waals surface area contributed by atoms with Crippen molar-refractivity contribution in [1.29, 1.82) is 0 Å². The summed E-state index contributed by atoms with van der Waals surface area (Å²) in [5.74, 6) is 0.0636. The second-order valence-corrected chi connectivity index (χ2v) is 6.73. The van der Waals surface area contributed by atoms with Crippen LogP contribution in [0.15, 0.2) is 42.2 Å². The lowest BCUT2D eigenvalue weighted by atomic mass is 10.1. The third-order valence-electron chi connectivity index (χ3n) is 3.95. The number of aromatic nitrogens is 3. The van der Waals surface area contributed by atoms with Crippen molar-refractivity contribution in [3.05, 3.63) is 58.2 Å². The Morgan fingerprint density at radius 3 is 2.92 bits per heavy atom. The van der Waals surface area contributed by atoms with Crippen LogP contribution in [0, 0.1) is 6.92 Å². The molecule has 0 aliphatic carbocycles. The minimum absolute atomic E-state index is 0.0636. The van der Waals surface area contributed by atoms with Crippen LogP contribution < -0.4 is 5.32 Å². The Kier molecular flexibility index (Phi) is 5.05. The first kappa shape index (κ1) is 16.4. The van der Waals surface area contributed by atoms with Crippen LogP contribution in [0.2, 0.25) is 0 Å². The van der Waals surface area contributed by atoms with Crippen LogP contribution in [0.25, 0.3) is 11.3 Å². The zero-order valence-electron chi connectivity index (χ0n) is 13.8. The first-order valence-electron chi connectivity index (χ1n) is 7.85. The van der Waals surface area contributed by atoms with E-state index in [0.29, 0.717) is 13.0 Å². The first-order valence-corrected chi connectivity index (χ1v) is 8.73. The summed E-state index contributed by atoms with van der Waals surface area (Å²) in [6.07, 6.45) is 6.65. The number of hydrogen-bond acceptors (Lipinski definition) is 4. The zero-order valence-corrected chi connectivity index (χ0v) is 14.6. The van der Waals surface area contributed by atoms with Crippen molar-refractivity contribution >= 4 is 17.2 Å². The molecule has 0 saturated carbocycles. The molecule has 0 aromatic carbocycles. The minimum atomic E-state index is 0.0636. The van der Waals surface area contributed by atoms with Crippen molar-refractivity contribution < 1.29 is 4.79 Å². The topological polar surface area (TPSA) is 59.8 Å². The molecule has 3 aromatic rings. The number of rotatable bonds is 6. The summed E-state index contributed by atoms with van der Waals surface area (Å²) in [5.41, 5.74) is 4.25. The zero-order chi connectivity index (χ0) is 16.9. The third kappa shape index (κ3) is 3.89. The SMILES string of the molecule is Cc1ccsc1CCC(=O)NCc1cncc(-c2ccnn2C)c1. The van der Waals surface area contributed by atoms with E-state index < -0.39 is 0 Å². The highest BCUT2D eigenvalue weighted by Crippen LogP contribution is 2.19. The molecule has 0 atom stereocenters. The summed E-state index contributed by atoms with van der Waals surface area (Å²) < 4.78 is 1.81. The number of nitrogens with one attached hydrogen (secondary N) is 1. The van der Waals surface area contributed by atoms with Gasteiger partial charge in [-0.1, -0.05) is 0 Å². The molecule has 3 aromatic heterocycles. The molecule has 6 heteroatoms. The monoisotopic (exact) mass is 340 g/mol. The van der Waals surface area contributed by atoms with E-state index >= 15 is 0 Å².